The van der Waals surface area contributed by atoms with E-state index in [0.29, 0.717) is 18.6 Å². The maximum absolute atomic E-state index is 12.4. The van der Waals surface area contributed by atoms with Crippen LogP contribution in [0.25, 0.3) is 0 Å². The minimum absolute atomic E-state index is 0.0857. The Kier molecular flexibility index (Phi) is 5.81. The van der Waals surface area contributed by atoms with Gasteiger partial charge in [0, 0.05) is 32.2 Å². The molecule has 2 fully saturated rings. The first-order valence-corrected chi connectivity index (χ1v) is 8.00. The van der Waals surface area contributed by atoms with E-state index in [1.807, 2.05) is 11.8 Å². The van der Waals surface area contributed by atoms with E-state index < -0.39 is 0 Å². The second-order valence-electron chi connectivity index (χ2n) is 6.08. The molecule has 0 spiro atoms. The Balaban J connectivity index is 1.80. The average Bonchev–Trinajstić information content (AvgIpc) is 2.91. The largest absolute Gasteiger partial charge is 0.378 e. The van der Waals surface area contributed by atoms with Crippen molar-refractivity contribution < 1.29 is 9.53 Å². The fourth-order valence-electron chi connectivity index (χ4n) is 3.39. The molecule has 3 atom stereocenters. The topological polar surface area (TPSA) is 58.8 Å². The lowest BCUT2D eigenvalue weighted by atomic mass is 10.0. The van der Waals surface area contributed by atoms with E-state index in [1.165, 1.54) is 0 Å². The molecular weight excluding hydrogens is 254 g/mol. The number of nitrogens with zero attached hydrogens (tertiary/aromatic N) is 2. The van der Waals surface area contributed by atoms with Gasteiger partial charge in [-0.3, -0.25) is 9.69 Å². The van der Waals surface area contributed by atoms with Crippen molar-refractivity contribution in [2.45, 2.75) is 45.3 Å². The molecule has 20 heavy (non-hydrogen) atoms. The predicted octanol–water partition coefficient (Wildman–Crippen LogP) is 0.683. The highest BCUT2D eigenvalue weighted by molar-refractivity contribution is 5.79. The van der Waals surface area contributed by atoms with Crippen LogP contribution in [0.5, 0.6) is 0 Å². The second kappa shape index (κ2) is 7.38. The number of carbonyl (C=O) groups excluding carboxylic acids is 1. The lowest BCUT2D eigenvalue weighted by Crippen LogP contribution is -2.53. The Bertz CT molecular complexity index is 316. The van der Waals surface area contributed by atoms with Gasteiger partial charge in [-0.2, -0.15) is 0 Å². The molecule has 0 aliphatic carbocycles. The fraction of sp³-hybridized carbons (Fsp3) is 0.933. The number of hydrogen-bond acceptors (Lipinski definition) is 4. The van der Waals surface area contributed by atoms with E-state index in [0.717, 1.165) is 52.0 Å². The molecule has 3 unspecified atom stereocenters. The summed E-state index contributed by atoms with van der Waals surface area (Å²) < 4.78 is 5.51. The number of ether oxygens (including phenoxy) is 1. The van der Waals surface area contributed by atoms with Gasteiger partial charge in [-0.25, -0.2) is 0 Å². The van der Waals surface area contributed by atoms with Gasteiger partial charge in [0.05, 0.1) is 18.6 Å². The van der Waals surface area contributed by atoms with E-state index in [4.69, 9.17) is 10.5 Å². The molecule has 0 aromatic carbocycles. The maximum Gasteiger partial charge on any atom is 0.228 e. The SMILES string of the molecule is CCC(CCN)N1CCN(C(=O)C2COC(C)C2)CC1. The van der Waals surface area contributed by atoms with Gasteiger partial charge in [0.15, 0.2) is 0 Å². The van der Waals surface area contributed by atoms with Crippen LogP contribution in [0.2, 0.25) is 0 Å². The smallest absolute Gasteiger partial charge is 0.228 e. The van der Waals surface area contributed by atoms with Gasteiger partial charge < -0.3 is 15.4 Å². The summed E-state index contributed by atoms with van der Waals surface area (Å²) >= 11 is 0. The van der Waals surface area contributed by atoms with Crippen molar-refractivity contribution in [1.29, 1.82) is 0 Å². The molecule has 0 bridgehead atoms. The molecule has 2 N–H and O–H groups in total. The molecule has 2 aliphatic heterocycles. The Hall–Kier alpha value is -0.650. The van der Waals surface area contributed by atoms with E-state index >= 15 is 0 Å². The molecule has 1 amide bonds. The Morgan fingerprint density at radius 1 is 1.35 bits per heavy atom. The van der Waals surface area contributed by atoms with E-state index in [1.54, 1.807) is 0 Å². The minimum atomic E-state index is 0.0857. The molecule has 2 saturated heterocycles. The molecule has 2 aliphatic rings. The van der Waals surface area contributed by atoms with Gasteiger partial charge in [0.25, 0.3) is 0 Å². The zero-order valence-corrected chi connectivity index (χ0v) is 12.9. The van der Waals surface area contributed by atoms with Crippen molar-refractivity contribution in [3.63, 3.8) is 0 Å². The third-order valence-corrected chi connectivity index (χ3v) is 4.66. The van der Waals surface area contributed by atoms with Gasteiger partial charge in [-0.05, 0) is 32.7 Å². The lowest BCUT2D eigenvalue weighted by molar-refractivity contribution is -0.137. The van der Waals surface area contributed by atoms with Crippen LogP contribution in [-0.4, -0.2) is 67.2 Å². The standard InChI is InChI=1S/C15H29N3O2/c1-3-14(4-5-16)17-6-8-18(9-7-17)15(19)13-10-12(2)20-11-13/h12-14H,3-11,16H2,1-2H3. The van der Waals surface area contributed by atoms with Crippen LogP contribution in [-0.2, 0) is 9.53 Å². The quantitative estimate of drug-likeness (QED) is 0.806. The van der Waals surface area contributed by atoms with Crippen LogP contribution in [0.3, 0.4) is 0 Å². The summed E-state index contributed by atoms with van der Waals surface area (Å²) in [4.78, 5) is 16.9. The van der Waals surface area contributed by atoms with Crippen LogP contribution < -0.4 is 5.73 Å². The Morgan fingerprint density at radius 2 is 2.05 bits per heavy atom. The zero-order valence-electron chi connectivity index (χ0n) is 12.9. The van der Waals surface area contributed by atoms with Crippen molar-refractivity contribution in [2.24, 2.45) is 11.7 Å². The van der Waals surface area contributed by atoms with Gasteiger partial charge in [-0.1, -0.05) is 6.92 Å². The zero-order chi connectivity index (χ0) is 14.5. The van der Waals surface area contributed by atoms with Crippen LogP contribution in [0.4, 0.5) is 0 Å². The summed E-state index contributed by atoms with van der Waals surface area (Å²) in [5.41, 5.74) is 5.68. The third kappa shape index (κ3) is 3.71. The number of piperazine rings is 1. The monoisotopic (exact) mass is 283 g/mol. The Labute approximate surface area is 122 Å². The van der Waals surface area contributed by atoms with Crippen LogP contribution >= 0.6 is 0 Å². The summed E-state index contributed by atoms with van der Waals surface area (Å²) in [6.45, 7) is 9.27. The summed E-state index contributed by atoms with van der Waals surface area (Å²) in [7, 11) is 0. The molecule has 116 valence electrons. The van der Waals surface area contributed by atoms with E-state index in [9.17, 15) is 4.79 Å². The van der Waals surface area contributed by atoms with Gasteiger partial charge in [-0.15, -0.1) is 0 Å². The van der Waals surface area contributed by atoms with Gasteiger partial charge in [0.2, 0.25) is 5.91 Å². The van der Waals surface area contributed by atoms with Crippen LogP contribution in [0, 0.1) is 5.92 Å². The normalized spacial score (nSPS) is 29.6. The van der Waals surface area contributed by atoms with Crippen LogP contribution in [0.1, 0.15) is 33.1 Å². The molecule has 2 rings (SSSR count). The third-order valence-electron chi connectivity index (χ3n) is 4.66. The van der Waals surface area contributed by atoms with E-state index in [2.05, 4.69) is 11.8 Å². The van der Waals surface area contributed by atoms with Crippen molar-refractivity contribution in [1.82, 2.24) is 9.80 Å². The highest BCUT2D eigenvalue weighted by Crippen LogP contribution is 2.22. The molecule has 0 radical (unpaired) electrons. The number of carbonyl (C=O) groups is 1. The molecule has 2 heterocycles. The first-order valence-electron chi connectivity index (χ1n) is 8.00. The van der Waals surface area contributed by atoms with E-state index in [-0.39, 0.29) is 12.0 Å². The van der Waals surface area contributed by atoms with Crippen molar-refractivity contribution in [3.05, 3.63) is 0 Å². The minimum Gasteiger partial charge on any atom is -0.378 e. The number of rotatable bonds is 5. The van der Waals surface area contributed by atoms with Gasteiger partial charge in [0.1, 0.15) is 0 Å². The molecule has 0 aromatic rings. The molecule has 0 saturated carbocycles. The fourth-order valence-corrected chi connectivity index (χ4v) is 3.39. The first-order chi connectivity index (χ1) is 9.65. The summed E-state index contributed by atoms with van der Waals surface area (Å²) in [6.07, 6.45) is 3.31. The second-order valence-corrected chi connectivity index (χ2v) is 6.08. The molecule has 5 heteroatoms. The highest BCUT2D eigenvalue weighted by Gasteiger charge is 2.33. The molecule has 0 aromatic heterocycles. The number of hydrogen-bond donors (Lipinski definition) is 1. The number of nitrogens with two attached hydrogens (primary N) is 1. The number of amides is 1. The van der Waals surface area contributed by atoms with Crippen LogP contribution in [0.15, 0.2) is 0 Å². The van der Waals surface area contributed by atoms with Crippen molar-refractivity contribution in [3.8, 4) is 0 Å². The molecule has 5 nitrogen and oxygen atoms in total. The molecular formula is C15H29N3O2. The van der Waals surface area contributed by atoms with Crippen molar-refractivity contribution in [2.75, 3.05) is 39.3 Å². The first kappa shape index (κ1) is 15.7. The maximum atomic E-state index is 12.4. The summed E-state index contributed by atoms with van der Waals surface area (Å²) in [5, 5.41) is 0. The summed E-state index contributed by atoms with van der Waals surface area (Å²) in [6, 6.07) is 0.576. The Morgan fingerprint density at radius 3 is 2.55 bits per heavy atom. The lowest BCUT2D eigenvalue weighted by Gasteiger charge is -2.39. The average molecular weight is 283 g/mol. The highest BCUT2D eigenvalue weighted by atomic mass is 16.5. The van der Waals surface area contributed by atoms with Crippen molar-refractivity contribution >= 4 is 5.91 Å². The predicted molar refractivity (Wildman–Crippen MR) is 79.4 cm³/mol. The summed E-state index contributed by atoms with van der Waals surface area (Å²) in [5.74, 6) is 0.378. The van der Waals surface area contributed by atoms with Gasteiger partial charge >= 0.3 is 0 Å².